The number of nitrogens with zero attached hydrogens (tertiary/aromatic N) is 2. The zero-order chi connectivity index (χ0) is 7.56. The summed E-state index contributed by atoms with van der Waals surface area (Å²) in [4.78, 5) is 4.42. The maximum Gasteiger partial charge on any atom is 0.0841 e. The van der Waals surface area contributed by atoms with Crippen LogP contribution in [0.5, 0.6) is 0 Å². The molecule has 0 radical (unpaired) electrons. The van der Waals surface area contributed by atoms with E-state index in [0.717, 1.165) is 16.7 Å². The van der Waals surface area contributed by atoms with Crippen molar-refractivity contribution in [2.75, 3.05) is 0 Å². The van der Waals surface area contributed by atoms with E-state index in [1.54, 1.807) is 0 Å². The highest BCUT2D eigenvalue weighted by Crippen LogP contribution is 1.95. The van der Waals surface area contributed by atoms with Crippen molar-refractivity contribution in [1.82, 2.24) is 9.55 Å². The normalized spacial score (nSPS) is 10.6. The smallest absolute Gasteiger partial charge is 0.0841 e. The quantitative estimate of drug-likeness (QED) is 0.518. The van der Waals surface area contributed by atoms with Gasteiger partial charge in [0.25, 0.3) is 0 Å². The first-order valence-electron chi connectivity index (χ1n) is 3.73. The predicted molar refractivity (Wildman–Crippen MR) is 46.8 cm³/mol. The monoisotopic (exact) mass is 154 g/mol. The number of hydrogen-bond donors (Lipinski definition) is 0. The van der Waals surface area contributed by atoms with E-state index in [9.17, 15) is 0 Å². The summed E-state index contributed by atoms with van der Waals surface area (Å²) in [6.45, 7) is 2.18. The summed E-state index contributed by atoms with van der Waals surface area (Å²) in [5, 5.41) is 0. The summed E-state index contributed by atoms with van der Waals surface area (Å²) in [5.41, 5.74) is 2.48. The van der Waals surface area contributed by atoms with Crippen LogP contribution in [0.3, 0.4) is 0 Å². The van der Waals surface area contributed by atoms with Gasteiger partial charge < -0.3 is 4.57 Å². The Labute approximate surface area is 64.7 Å². The van der Waals surface area contributed by atoms with Gasteiger partial charge in [0.2, 0.25) is 0 Å². The lowest BCUT2D eigenvalue weighted by molar-refractivity contribution is 0.886. The van der Waals surface area contributed by atoms with Crippen molar-refractivity contribution in [3.8, 4) is 0 Å². The molecule has 0 amide bonds. The van der Waals surface area contributed by atoms with Gasteiger partial charge in [-0.2, -0.15) is 0 Å². The third-order valence-electron chi connectivity index (χ3n) is 1.66. The number of aromatic nitrogens is 2. The number of imidazole rings is 1. The first kappa shape index (κ1) is 7.53. The Morgan fingerprint density at radius 1 is 1.70 bits per heavy atom. The molecule has 1 rings (SSSR count). The van der Waals surface area contributed by atoms with E-state index in [0.29, 0.717) is 0 Å². The largest absolute Gasteiger partial charge is 0.343 e. The van der Waals surface area contributed by atoms with Crippen LogP contribution in [-0.2, 0) is 13.5 Å². The minimum atomic E-state index is 1.06. The molecule has 0 aromatic carbocycles. The van der Waals surface area contributed by atoms with Gasteiger partial charge in [0.15, 0.2) is 0 Å². The first-order valence-corrected chi connectivity index (χ1v) is 4.73. The molecule has 0 unspecified atom stereocenters. The molecular weight excluding hydrogens is 140 g/mol. The number of hydrogen-bond acceptors (Lipinski definition) is 1. The molecule has 0 aliphatic heterocycles. The zero-order valence-corrected chi connectivity index (χ0v) is 8.89. The molecule has 2 nitrogen and oxygen atoms in total. The van der Waals surface area contributed by atoms with Gasteiger partial charge in [0.05, 0.1) is 21.4 Å². The van der Waals surface area contributed by atoms with Gasteiger partial charge in [-0.25, -0.2) is 4.98 Å². The van der Waals surface area contributed by atoms with E-state index in [1.807, 2.05) is 0 Å². The average Bonchev–Trinajstić information content (AvgIpc) is 2.14. The molecule has 0 fully saturated rings. The average molecular weight is 154 g/mol. The van der Waals surface area contributed by atoms with Gasteiger partial charge >= 0.3 is 0 Å². The Bertz CT molecular complexity index is 198. The molecule has 10 heavy (non-hydrogen) atoms. The summed E-state index contributed by atoms with van der Waals surface area (Å²) in [7, 11) is 3.12. The van der Waals surface area contributed by atoms with Crippen LogP contribution in [-0.4, -0.2) is 19.8 Å². The van der Waals surface area contributed by atoms with Crippen LogP contribution in [0.25, 0.3) is 0 Å². The lowest BCUT2D eigenvalue weighted by Crippen LogP contribution is -2.14. The van der Waals surface area contributed by atoms with Crippen LogP contribution in [0.15, 0.2) is 6.20 Å². The van der Waals surface area contributed by atoms with E-state index >= 15 is 0 Å². The van der Waals surface area contributed by atoms with Gasteiger partial charge in [-0.05, 0) is 6.42 Å². The van der Waals surface area contributed by atoms with E-state index in [2.05, 4.69) is 29.7 Å². The fourth-order valence-corrected chi connectivity index (χ4v) is 1.43. The predicted octanol–water partition coefficient (Wildman–Crippen LogP) is -0.637. The second kappa shape index (κ2) is 3.01. The topological polar surface area (TPSA) is 17.8 Å². The van der Waals surface area contributed by atoms with Gasteiger partial charge in [-0.3, -0.25) is 0 Å². The van der Waals surface area contributed by atoms with Gasteiger partial charge in [0.1, 0.15) is 0 Å². The van der Waals surface area contributed by atoms with Crippen LogP contribution in [0.4, 0.5) is 0 Å². The summed E-state index contributed by atoms with van der Waals surface area (Å²) < 4.78 is 2.12. The minimum Gasteiger partial charge on any atom is -0.343 e. The number of rotatable bonds is 2. The van der Waals surface area contributed by atoms with Crippen LogP contribution in [0.1, 0.15) is 19.0 Å². The van der Waals surface area contributed by atoms with E-state index < -0.39 is 0 Å². The first-order chi connectivity index (χ1) is 4.74. The molecule has 0 aliphatic rings. The molecule has 0 spiro atoms. The van der Waals surface area contributed by atoms with Crippen molar-refractivity contribution in [1.29, 1.82) is 0 Å². The van der Waals surface area contributed by atoms with Crippen LogP contribution >= 0.6 is 0 Å². The standard InChI is InChI=1S/C7H14N2Si/c1-3-4-6-5-9(2)7(10)8-6/h5H,3-4H2,1-2,10H3. The molecule has 0 atom stereocenters. The molecule has 0 saturated heterocycles. The second-order valence-electron chi connectivity index (χ2n) is 2.64. The van der Waals surface area contributed by atoms with Gasteiger partial charge in [-0.1, -0.05) is 13.3 Å². The zero-order valence-electron chi connectivity index (χ0n) is 6.89. The third-order valence-corrected chi connectivity index (χ3v) is 2.59. The van der Waals surface area contributed by atoms with E-state index in [-0.39, 0.29) is 0 Å². The summed E-state index contributed by atoms with van der Waals surface area (Å²) in [6, 6.07) is 0. The van der Waals surface area contributed by atoms with E-state index in [1.165, 1.54) is 17.6 Å². The molecule has 0 N–H and O–H groups in total. The maximum absolute atomic E-state index is 4.42. The fraction of sp³-hybridized carbons (Fsp3) is 0.571. The molecule has 1 heterocycles. The Hall–Kier alpha value is -0.573. The Kier molecular flexibility index (Phi) is 2.27. The highest BCUT2D eigenvalue weighted by atomic mass is 28.1. The summed E-state index contributed by atoms with van der Waals surface area (Å²) >= 11 is 0. The fourth-order valence-electron chi connectivity index (χ4n) is 1.01. The molecule has 3 heteroatoms. The van der Waals surface area contributed by atoms with E-state index in [4.69, 9.17) is 0 Å². The Morgan fingerprint density at radius 3 is 2.80 bits per heavy atom. The maximum atomic E-state index is 4.42. The van der Waals surface area contributed by atoms with Crippen molar-refractivity contribution in [2.24, 2.45) is 7.05 Å². The van der Waals surface area contributed by atoms with Crippen molar-refractivity contribution >= 4 is 15.7 Å². The molecule has 1 aromatic rings. The molecule has 0 bridgehead atoms. The van der Waals surface area contributed by atoms with Crippen molar-refractivity contribution < 1.29 is 0 Å². The second-order valence-corrected chi connectivity index (χ2v) is 3.53. The Balaban J connectivity index is 2.77. The molecule has 56 valence electrons. The van der Waals surface area contributed by atoms with Crippen LogP contribution in [0.2, 0.25) is 0 Å². The SMILES string of the molecule is CCCc1cn(C)c([SiH3])n1. The summed E-state index contributed by atoms with van der Waals surface area (Å²) in [6.07, 6.45) is 4.44. The summed E-state index contributed by atoms with van der Waals surface area (Å²) in [5.74, 6) is 0. The highest BCUT2D eigenvalue weighted by Gasteiger charge is 1.97. The Morgan fingerprint density at radius 2 is 2.40 bits per heavy atom. The molecule has 0 saturated carbocycles. The van der Waals surface area contributed by atoms with Crippen molar-refractivity contribution in [3.63, 3.8) is 0 Å². The van der Waals surface area contributed by atoms with Crippen LogP contribution in [0, 0.1) is 0 Å². The third kappa shape index (κ3) is 1.47. The van der Waals surface area contributed by atoms with Gasteiger partial charge in [0, 0.05) is 13.2 Å². The van der Waals surface area contributed by atoms with Crippen molar-refractivity contribution in [2.45, 2.75) is 19.8 Å². The lowest BCUT2D eigenvalue weighted by Gasteiger charge is -1.88. The molecule has 0 aliphatic carbocycles. The van der Waals surface area contributed by atoms with Crippen molar-refractivity contribution in [3.05, 3.63) is 11.9 Å². The molecular formula is C7H14N2Si. The van der Waals surface area contributed by atoms with Gasteiger partial charge in [-0.15, -0.1) is 0 Å². The molecule has 1 aromatic heterocycles. The van der Waals surface area contributed by atoms with Crippen LogP contribution < -0.4 is 5.45 Å². The highest BCUT2D eigenvalue weighted by molar-refractivity contribution is 6.29. The number of aryl methyl sites for hydroxylation is 2. The minimum absolute atomic E-state index is 1.06. The lowest BCUT2D eigenvalue weighted by atomic mass is 10.3.